The molecule has 3 rings (SSSR count). The van der Waals surface area contributed by atoms with Crippen molar-refractivity contribution in [3.8, 4) is 22.1 Å². The lowest BCUT2D eigenvalue weighted by molar-refractivity contribution is -0.137. The van der Waals surface area contributed by atoms with Gasteiger partial charge in [0, 0.05) is 21.5 Å². The van der Waals surface area contributed by atoms with Crippen LogP contribution in [0.5, 0.6) is 11.5 Å². The molecule has 30 heavy (non-hydrogen) atoms. The first-order valence-corrected chi connectivity index (χ1v) is 10.1. The SMILES string of the molecule is COc1cccc(C(CC(=O)O)NC(=O)c2csc(-c3cccc(Cl)c3)n2)c1OC. The van der Waals surface area contributed by atoms with Crippen molar-refractivity contribution in [1.29, 1.82) is 0 Å². The number of methoxy groups -OCH3 is 2. The number of nitrogens with one attached hydrogen (secondary N) is 1. The first kappa shape index (κ1) is 21.6. The number of para-hydroxylation sites is 1. The van der Waals surface area contributed by atoms with Crippen molar-refractivity contribution < 1.29 is 24.2 Å². The maximum Gasteiger partial charge on any atom is 0.305 e. The molecule has 2 aromatic carbocycles. The van der Waals surface area contributed by atoms with Crippen LogP contribution in [-0.4, -0.2) is 36.2 Å². The molecule has 0 saturated heterocycles. The van der Waals surface area contributed by atoms with Gasteiger partial charge >= 0.3 is 5.97 Å². The summed E-state index contributed by atoms with van der Waals surface area (Å²) in [6.07, 6.45) is -0.333. The molecule has 1 unspecified atom stereocenters. The molecule has 0 saturated carbocycles. The van der Waals surface area contributed by atoms with Gasteiger partial charge in [0.15, 0.2) is 11.5 Å². The minimum Gasteiger partial charge on any atom is -0.493 e. The number of aromatic nitrogens is 1. The molecule has 1 atom stereocenters. The zero-order valence-corrected chi connectivity index (χ0v) is 17.8. The van der Waals surface area contributed by atoms with E-state index in [0.717, 1.165) is 5.56 Å². The number of aliphatic carboxylic acids is 1. The molecule has 0 bridgehead atoms. The third-order valence-corrected chi connectivity index (χ3v) is 5.43. The second-order valence-corrected chi connectivity index (χ2v) is 7.55. The molecule has 3 aromatic rings. The van der Waals surface area contributed by atoms with Gasteiger partial charge in [-0.3, -0.25) is 9.59 Å². The lowest BCUT2D eigenvalue weighted by Gasteiger charge is -2.21. The fourth-order valence-corrected chi connectivity index (χ4v) is 3.95. The summed E-state index contributed by atoms with van der Waals surface area (Å²) in [5, 5.41) is 14.9. The van der Waals surface area contributed by atoms with E-state index in [1.165, 1.54) is 25.6 Å². The highest BCUT2D eigenvalue weighted by Crippen LogP contribution is 2.36. The van der Waals surface area contributed by atoms with Crippen molar-refractivity contribution in [3.05, 3.63) is 64.1 Å². The van der Waals surface area contributed by atoms with E-state index in [9.17, 15) is 14.7 Å². The second kappa shape index (κ2) is 9.60. The summed E-state index contributed by atoms with van der Waals surface area (Å²) in [4.78, 5) is 28.6. The molecule has 0 spiro atoms. The molecular weight excluding hydrogens is 428 g/mol. The largest absolute Gasteiger partial charge is 0.493 e. The molecule has 0 radical (unpaired) electrons. The smallest absolute Gasteiger partial charge is 0.305 e. The quantitative estimate of drug-likeness (QED) is 0.531. The minimum atomic E-state index is -1.07. The average molecular weight is 447 g/mol. The van der Waals surface area contributed by atoms with Gasteiger partial charge in [-0.1, -0.05) is 35.9 Å². The number of carboxylic acid groups (broad SMARTS) is 1. The lowest BCUT2D eigenvalue weighted by atomic mass is 10.0. The van der Waals surface area contributed by atoms with Gasteiger partial charge in [-0.15, -0.1) is 11.3 Å². The first-order chi connectivity index (χ1) is 14.4. The first-order valence-electron chi connectivity index (χ1n) is 8.88. The van der Waals surface area contributed by atoms with Crippen LogP contribution in [-0.2, 0) is 4.79 Å². The van der Waals surface area contributed by atoms with Crippen LogP contribution in [0.15, 0.2) is 47.8 Å². The van der Waals surface area contributed by atoms with Crippen LogP contribution in [0.1, 0.15) is 28.5 Å². The Morgan fingerprint density at radius 1 is 1.20 bits per heavy atom. The van der Waals surface area contributed by atoms with Gasteiger partial charge in [0.2, 0.25) is 0 Å². The van der Waals surface area contributed by atoms with E-state index in [2.05, 4.69) is 10.3 Å². The van der Waals surface area contributed by atoms with Crippen molar-refractivity contribution in [2.45, 2.75) is 12.5 Å². The van der Waals surface area contributed by atoms with Crippen LogP contribution in [0.2, 0.25) is 5.02 Å². The summed E-state index contributed by atoms with van der Waals surface area (Å²) in [5.74, 6) is -0.750. The molecule has 2 N–H and O–H groups in total. The monoisotopic (exact) mass is 446 g/mol. The molecule has 0 aliphatic rings. The average Bonchev–Trinajstić information content (AvgIpc) is 3.22. The molecule has 1 aromatic heterocycles. The van der Waals surface area contributed by atoms with Gasteiger partial charge in [0.1, 0.15) is 10.7 Å². The Morgan fingerprint density at radius 3 is 2.63 bits per heavy atom. The van der Waals surface area contributed by atoms with Crippen LogP contribution in [0.4, 0.5) is 0 Å². The number of rotatable bonds is 8. The fraction of sp³-hybridized carbons (Fsp3) is 0.190. The highest BCUT2D eigenvalue weighted by atomic mass is 35.5. The molecule has 0 aliphatic carbocycles. The van der Waals surface area contributed by atoms with Crippen molar-refractivity contribution in [1.82, 2.24) is 10.3 Å². The van der Waals surface area contributed by atoms with E-state index in [4.69, 9.17) is 21.1 Å². The van der Waals surface area contributed by atoms with Gasteiger partial charge in [-0.05, 0) is 18.2 Å². The minimum absolute atomic E-state index is 0.187. The van der Waals surface area contributed by atoms with Crippen molar-refractivity contribution in [3.63, 3.8) is 0 Å². The molecule has 0 aliphatic heterocycles. The van der Waals surface area contributed by atoms with Gasteiger partial charge in [0.05, 0.1) is 26.7 Å². The molecule has 9 heteroatoms. The molecule has 156 valence electrons. The normalized spacial score (nSPS) is 11.6. The number of benzene rings is 2. The number of halogens is 1. The number of ether oxygens (including phenoxy) is 2. The van der Waals surface area contributed by atoms with Crippen LogP contribution in [0.25, 0.3) is 10.6 Å². The van der Waals surface area contributed by atoms with Crippen molar-refractivity contribution >= 4 is 34.8 Å². The predicted molar refractivity (Wildman–Crippen MR) is 115 cm³/mol. The Kier molecular flexibility index (Phi) is 6.91. The summed E-state index contributed by atoms with van der Waals surface area (Å²) in [6.45, 7) is 0. The summed E-state index contributed by atoms with van der Waals surface area (Å²) in [7, 11) is 2.94. The van der Waals surface area contributed by atoms with Crippen LogP contribution in [0, 0.1) is 0 Å². The van der Waals surface area contributed by atoms with E-state index in [-0.39, 0.29) is 12.1 Å². The predicted octanol–water partition coefficient (Wildman–Crippen LogP) is 4.43. The molecular formula is C21H19ClN2O5S. The highest BCUT2D eigenvalue weighted by molar-refractivity contribution is 7.13. The van der Waals surface area contributed by atoms with Crippen molar-refractivity contribution in [2.75, 3.05) is 14.2 Å². The van der Waals surface area contributed by atoms with E-state index in [0.29, 0.717) is 27.1 Å². The summed E-state index contributed by atoms with van der Waals surface area (Å²) in [5.41, 5.74) is 1.48. The Hall–Kier alpha value is -3.10. The number of amides is 1. The molecule has 1 heterocycles. The van der Waals surface area contributed by atoms with E-state index in [1.807, 2.05) is 6.07 Å². The second-order valence-electron chi connectivity index (χ2n) is 6.25. The number of carbonyl (C=O) groups is 2. The molecule has 7 nitrogen and oxygen atoms in total. The van der Waals surface area contributed by atoms with Crippen LogP contribution in [0.3, 0.4) is 0 Å². The number of hydrogen-bond donors (Lipinski definition) is 2. The number of nitrogens with zero attached hydrogens (tertiary/aromatic N) is 1. The van der Waals surface area contributed by atoms with Gasteiger partial charge in [-0.25, -0.2) is 4.98 Å². The summed E-state index contributed by atoms with van der Waals surface area (Å²) < 4.78 is 10.7. The maximum absolute atomic E-state index is 12.8. The third kappa shape index (κ3) is 4.90. The van der Waals surface area contributed by atoms with Crippen molar-refractivity contribution in [2.24, 2.45) is 0 Å². The van der Waals surface area contributed by atoms with E-state index < -0.39 is 17.9 Å². The Balaban J connectivity index is 1.88. The Morgan fingerprint density at radius 2 is 1.97 bits per heavy atom. The zero-order chi connectivity index (χ0) is 21.7. The van der Waals surface area contributed by atoms with E-state index >= 15 is 0 Å². The Labute approximate surface area is 182 Å². The topological polar surface area (TPSA) is 97.8 Å². The lowest BCUT2D eigenvalue weighted by Crippen LogP contribution is -2.30. The number of carbonyl (C=O) groups excluding carboxylic acids is 1. The van der Waals surface area contributed by atoms with Crippen LogP contribution >= 0.6 is 22.9 Å². The van der Waals surface area contributed by atoms with E-state index in [1.54, 1.807) is 41.8 Å². The highest BCUT2D eigenvalue weighted by Gasteiger charge is 2.25. The summed E-state index contributed by atoms with van der Waals surface area (Å²) >= 11 is 7.32. The van der Waals surface area contributed by atoms with Gasteiger partial charge < -0.3 is 19.9 Å². The maximum atomic E-state index is 12.8. The van der Waals surface area contributed by atoms with Gasteiger partial charge in [-0.2, -0.15) is 0 Å². The number of carboxylic acids is 1. The molecule has 0 fully saturated rings. The third-order valence-electron chi connectivity index (χ3n) is 4.30. The Bertz CT molecular complexity index is 1070. The molecule has 1 amide bonds. The number of thiazole rings is 1. The van der Waals surface area contributed by atoms with Gasteiger partial charge in [0.25, 0.3) is 5.91 Å². The summed E-state index contributed by atoms with van der Waals surface area (Å²) in [6, 6.07) is 11.4. The fourth-order valence-electron chi connectivity index (χ4n) is 2.96. The zero-order valence-electron chi connectivity index (χ0n) is 16.2. The number of hydrogen-bond acceptors (Lipinski definition) is 6. The standard InChI is InChI=1S/C21H19ClN2O5S/c1-28-17-8-4-7-14(19(17)29-2)15(10-18(25)26)23-20(27)16-11-30-21(24-16)12-5-3-6-13(22)9-12/h3-9,11,15H,10H2,1-2H3,(H,23,27)(H,25,26). The van der Waals surface area contributed by atoms with Crippen LogP contribution < -0.4 is 14.8 Å².